The minimum absolute atomic E-state index is 0.577. The van der Waals surface area contributed by atoms with E-state index in [4.69, 9.17) is 23.8 Å². The molecule has 284 valence electrons. The number of hydrogen-bond donors (Lipinski definition) is 0. The van der Waals surface area contributed by atoms with Gasteiger partial charge in [0.2, 0.25) is 0 Å². The lowest BCUT2D eigenvalue weighted by Crippen LogP contribution is -2.00. The van der Waals surface area contributed by atoms with Crippen LogP contribution in [0.4, 0.5) is 0 Å². The fourth-order valence-corrected chi connectivity index (χ4v) is 9.14. The molecule has 4 aromatic heterocycles. The zero-order chi connectivity index (χ0) is 40.0. The van der Waals surface area contributed by atoms with Gasteiger partial charge in [0.05, 0.1) is 16.7 Å². The fourth-order valence-electron chi connectivity index (χ4n) is 9.14. The largest absolute Gasteiger partial charge is 0.456 e. The molecular weight excluding hydrogens is 749 g/mol. The van der Waals surface area contributed by atoms with Crippen molar-refractivity contribution in [3.63, 3.8) is 0 Å². The molecule has 0 radical (unpaired) electrons. The molecule has 61 heavy (non-hydrogen) atoms. The van der Waals surface area contributed by atoms with Crippen LogP contribution in [0.2, 0.25) is 0 Å². The molecule has 0 unspecified atom stereocenters. The lowest BCUT2D eigenvalue weighted by Gasteiger charge is -2.13. The first-order valence-corrected chi connectivity index (χ1v) is 20.4. The molecule has 0 spiro atoms. The van der Waals surface area contributed by atoms with Crippen molar-refractivity contribution >= 4 is 76.5 Å². The van der Waals surface area contributed by atoms with Gasteiger partial charge in [0.15, 0.2) is 17.5 Å². The highest BCUT2D eigenvalue weighted by atomic mass is 16.3. The summed E-state index contributed by atoms with van der Waals surface area (Å²) in [5, 5.41) is 9.15. The molecule has 0 bridgehead atoms. The third-order valence-electron chi connectivity index (χ3n) is 12.0. The molecule has 0 N–H and O–H groups in total. The summed E-state index contributed by atoms with van der Waals surface area (Å²) in [6, 6.07) is 67.6. The van der Waals surface area contributed by atoms with Crippen LogP contribution in [0.3, 0.4) is 0 Å². The van der Waals surface area contributed by atoms with E-state index < -0.39 is 0 Å². The van der Waals surface area contributed by atoms with Crippen molar-refractivity contribution in [1.29, 1.82) is 0 Å². The summed E-state index contributed by atoms with van der Waals surface area (Å²) in [5.74, 6) is 1.77. The van der Waals surface area contributed by atoms with Crippen molar-refractivity contribution in [3.8, 4) is 51.0 Å². The Morgan fingerprint density at radius 3 is 1.67 bits per heavy atom. The van der Waals surface area contributed by atoms with Crippen LogP contribution in [-0.2, 0) is 0 Å². The number of para-hydroxylation sites is 3. The van der Waals surface area contributed by atoms with E-state index in [0.29, 0.717) is 17.5 Å². The zero-order valence-electron chi connectivity index (χ0n) is 32.6. The Morgan fingerprint density at radius 2 is 0.885 bits per heavy atom. The van der Waals surface area contributed by atoms with Gasteiger partial charge >= 0.3 is 0 Å². The topological polar surface area (TPSA) is 69.9 Å². The van der Waals surface area contributed by atoms with Gasteiger partial charge < -0.3 is 13.4 Å². The number of hydrogen-bond acceptors (Lipinski definition) is 5. The molecule has 13 rings (SSSR count). The van der Waals surface area contributed by atoms with Gasteiger partial charge in [0.1, 0.15) is 22.3 Å². The molecule has 0 aliphatic heterocycles. The molecule has 0 atom stereocenters. The van der Waals surface area contributed by atoms with Gasteiger partial charge in [-0.2, -0.15) is 0 Å². The second kappa shape index (κ2) is 13.1. The predicted molar refractivity (Wildman–Crippen MR) is 248 cm³/mol. The molecule has 9 aromatic carbocycles. The molecule has 6 heteroatoms. The first-order chi connectivity index (χ1) is 30.2. The second-order valence-corrected chi connectivity index (χ2v) is 15.6. The molecule has 0 aliphatic carbocycles. The number of nitrogens with zero attached hydrogens (tertiary/aromatic N) is 4. The van der Waals surface area contributed by atoms with Crippen LogP contribution in [0.15, 0.2) is 203 Å². The van der Waals surface area contributed by atoms with Crippen molar-refractivity contribution in [2.45, 2.75) is 0 Å². The van der Waals surface area contributed by atoms with E-state index in [0.717, 1.165) is 88.4 Å². The Bertz CT molecular complexity index is 3880. The van der Waals surface area contributed by atoms with Crippen molar-refractivity contribution < 1.29 is 8.83 Å². The first kappa shape index (κ1) is 33.6. The Labute approximate surface area is 348 Å². The number of aromatic nitrogens is 4. The normalized spacial score (nSPS) is 11.9. The Balaban J connectivity index is 0.982. The van der Waals surface area contributed by atoms with Crippen molar-refractivity contribution in [3.05, 3.63) is 194 Å². The van der Waals surface area contributed by atoms with E-state index in [9.17, 15) is 0 Å². The van der Waals surface area contributed by atoms with Crippen LogP contribution in [-0.4, -0.2) is 19.5 Å². The van der Waals surface area contributed by atoms with E-state index in [-0.39, 0.29) is 0 Å². The molecule has 0 saturated carbocycles. The van der Waals surface area contributed by atoms with Crippen LogP contribution in [0, 0.1) is 0 Å². The predicted octanol–water partition coefficient (Wildman–Crippen LogP) is 14.6. The average Bonchev–Trinajstić information content (AvgIpc) is 3.99. The van der Waals surface area contributed by atoms with Crippen LogP contribution < -0.4 is 0 Å². The monoisotopic (exact) mass is 780 g/mol. The van der Waals surface area contributed by atoms with Crippen LogP contribution in [0.1, 0.15) is 0 Å². The highest BCUT2D eigenvalue weighted by Crippen LogP contribution is 2.42. The smallest absolute Gasteiger partial charge is 0.164 e. The molecule has 13 aromatic rings. The third kappa shape index (κ3) is 5.32. The Kier molecular flexibility index (Phi) is 7.21. The molecule has 4 heterocycles. The maximum absolute atomic E-state index is 6.65. The fraction of sp³-hybridized carbons (Fsp3) is 0. The van der Waals surface area contributed by atoms with E-state index in [1.807, 2.05) is 66.7 Å². The van der Waals surface area contributed by atoms with Crippen LogP contribution >= 0.6 is 0 Å². The van der Waals surface area contributed by atoms with Crippen molar-refractivity contribution in [2.24, 2.45) is 0 Å². The highest BCUT2D eigenvalue weighted by Gasteiger charge is 2.20. The average molecular weight is 781 g/mol. The quantitative estimate of drug-likeness (QED) is 0.174. The summed E-state index contributed by atoms with van der Waals surface area (Å²) in [7, 11) is 0. The van der Waals surface area contributed by atoms with Gasteiger partial charge in [-0.3, -0.25) is 0 Å². The van der Waals surface area contributed by atoms with Gasteiger partial charge in [-0.25, -0.2) is 15.0 Å². The van der Waals surface area contributed by atoms with E-state index in [1.54, 1.807) is 0 Å². The molecule has 0 fully saturated rings. The second-order valence-electron chi connectivity index (χ2n) is 15.6. The molecule has 0 saturated heterocycles. The first-order valence-electron chi connectivity index (χ1n) is 20.4. The summed E-state index contributed by atoms with van der Waals surface area (Å²) >= 11 is 0. The standard InChI is InChI=1S/C55H32N4O2/c1-2-12-34(13-3-1)53-56-54(58-55(57-53)38-26-27-42-41-17-7-10-20-48(41)60-50(42)30-38)35-24-22-33(23-25-35)44-31-39(32-51-52(44)43-18-8-11-21-49(43)61-51)59-46-19-9-6-16-40(46)45-28-36-14-4-5-15-37(36)29-47(45)59/h1-32H. The molecule has 0 amide bonds. The minimum Gasteiger partial charge on any atom is -0.456 e. The minimum atomic E-state index is 0.577. The molecule has 6 nitrogen and oxygen atoms in total. The summed E-state index contributed by atoms with van der Waals surface area (Å²) in [5.41, 5.74) is 11.4. The zero-order valence-corrected chi connectivity index (χ0v) is 32.6. The van der Waals surface area contributed by atoms with Crippen molar-refractivity contribution in [2.75, 3.05) is 0 Å². The Hall–Kier alpha value is -8.35. The number of rotatable bonds is 5. The lowest BCUT2D eigenvalue weighted by atomic mass is 9.97. The maximum Gasteiger partial charge on any atom is 0.164 e. The highest BCUT2D eigenvalue weighted by molar-refractivity contribution is 6.16. The SMILES string of the molecule is c1ccc(-c2nc(-c3ccc(-c4cc(-n5c6ccccc6c6cc7ccccc7cc65)cc5oc6ccccc6c45)cc3)nc(-c3ccc4c(c3)oc3ccccc34)n2)cc1. The summed E-state index contributed by atoms with van der Waals surface area (Å²) in [6.45, 7) is 0. The Morgan fingerprint density at radius 1 is 0.328 bits per heavy atom. The van der Waals surface area contributed by atoms with Gasteiger partial charge in [-0.1, -0.05) is 140 Å². The van der Waals surface area contributed by atoms with E-state index in [1.165, 1.54) is 21.5 Å². The summed E-state index contributed by atoms with van der Waals surface area (Å²) in [6.07, 6.45) is 0. The van der Waals surface area contributed by atoms with Gasteiger partial charge in [0, 0.05) is 55.1 Å². The van der Waals surface area contributed by atoms with Gasteiger partial charge in [-0.15, -0.1) is 0 Å². The van der Waals surface area contributed by atoms with Crippen LogP contribution in [0.25, 0.3) is 127 Å². The number of furan rings is 2. The van der Waals surface area contributed by atoms with Gasteiger partial charge in [-0.05, 0) is 70.4 Å². The van der Waals surface area contributed by atoms with Crippen LogP contribution in [0.5, 0.6) is 0 Å². The number of fused-ring (bicyclic) bond motifs is 10. The van der Waals surface area contributed by atoms with Crippen molar-refractivity contribution in [1.82, 2.24) is 19.5 Å². The molecular formula is C55H32N4O2. The third-order valence-corrected chi connectivity index (χ3v) is 12.0. The lowest BCUT2D eigenvalue weighted by molar-refractivity contribution is 0.668. The molecule has 0 aliphatic rings. The van der Waals surface area contributed by atoms with E-state index in [2.05, 4.69) is 132 Å². The number of benzene rings is 9. The van der Waals surface area contributed by atoms with Gasteiger partial charge in [0.25, 0.3) is 0 Å². The summed E-state index contributed by atoms with van der Waals surface area (Å²) in [4.78, 5) is 15.1. The summed E-state index contributed by atoms with van der Waals surface area (Å²) < 4.78 is 15.3. The maximum atomic E-state index is 6.65. The van der Waals surface area contributed by atoms with E-state index >= 15 is 0 Å².